The fourth-order valence-electron chi connectivity index (χ4n) is 2.25. The van der Waals surface area contributed by atoms with E-state index in [-0.39, 0.29) is 24.0 Å². The van der Waals surface area contributed by atoms with Gasteiger partial charge in [0.25, 0.3) is 0 Å². The summed E-state index contributed by atoms with van der Waals surface area (Å²) < 4.78 is 10.9. The van der Waals surface area contributed by atoms with Gasteiger partial charge in [-0.25, -0.2) is 0 Å². The van der Waals surface area contributed by atoms with Crippen molar-refractivity contribution in [2.75, 3.05) is 39.9 Å². The normalized spacial score (nSPS) is 30.5. The molecule has 0 aromatic carbocycles. The molecule has 2 rings (SSSR count). The number of hydrogen-bond donors (Lipinski definition) is 1. The summed E-state index contributed by atoms with van der Waals surface area (Å²) in [6.07, 6.45) is 0.0592. The van der Waals surface area contributed by atoms with Crippen molar-refractivity contribution in [2.45, 2.75) is 19.1 Å². The van der Waals surface area contributed by atoms with Crippen LogP contribution in [0.15, 0.2) is 0 Å². The Bertz CT molecular complexity index is 256. The number of hydrogen-bond acceptors (Lipinski definition) is 4. The van der Waals surface area contributed by atoms with E-state index in [1.165, 1.54) is 0 Å². The maximum absolute atomic E-state index is 12.0. The lowest BCUT2D eigenvalue weighted by Gasteiger charge is -2.30. The zero-order valence-electron chi connectivity index (χ0n) is 9.94. The first-order valence-corrected chi connectivity index (χ1v) is 5.90. The molecule has 2 saturated heterocycles. The molecule has 1 N–H and O–H groups in total. The third kappa shape index (κ3) is 2.21. The van der Waals surface area contributed by atoms with Crippen LogP contribution in [0.3, 0.4) is 0 Å². The highest BCUT2D eigenvalue weighted by Crippen LogP contribution is 2.19. The third-order valence-electron chi connectivity index (χ3n) is 3.34. The molecule has 2 aliphatic rings. The van der Waals surface area contributed by atoms with Crippen molar-refractivity contribution < 1.29 is 14.3 Å². The van der Waals surface area contributed by atoms with Crippen LogP contribution >= 0.6 is 0 Å². The van der Waals surface area contributed by atoms with E-state index in [2.05, 4.69) is 5.32 Å². The highest BCUT2D eigenvalue weighted by molar-refractivity contribution is 5.80. The molecule has 2 heterocycles. The third-order valence-corrected chi connectivity index (χ3v) is 3.34. The van der Waals surface area contributed by atoms with Gasteiger partial charge in [0.05, 0.1) is 5.92 Å². The van der Waals surface area contributed by atoms with Gasteiger partial charge < -0.3 is 19.7 Å². The summed E-state index contributed by atoms with van der Waals surface area (Å²) in [6.45, 7) is 5.58. The topological polar surface area (TPSA) is 50.8 Å². The Labute approximate surface area is 96.1 Å². The van der Waals surface area contributed by atoms with Crippen molar-refractivity contribution in [2.24, 2.45) is 5.92 Å². The molecule has 0 spiro atoms. The molecule has 0 radical (unpaired) electrons. The van der Waals surface area contributed by atoms with Gasteiger partial charge >= 0.3 is 0 Å². The van der Waals surface area contributed by atoms with Crippen LogP contribution < -0.4 is 5.32 Å². The number of methoxy groups -OCH3 is 1. The van der Waals surface area contributed by atoms with E-state index in [9.17, 15) is 4.79 Å². The number of nitrogens with one attached hydrogen (secondary N) is 1. The number of nitrogens with zero attached hydrogens (tertiary/aromatic N) is 1. The van der Waals surface area contributed by atoms with Gasteiger partial charge in [-0.05, 0) is 6.92 Å². The molecule has 2 fully saturated rings. The fourth-order valence-corrected chi connectivity index (χ4v) is 2.25. The van der Waals surface area contributed by atoms with Crippen molar-refractivity contribution in [1.29, 1.82) is 0 Å². The molecule has 5 nitrogen and oxygen atoms in total. The van der Waals surface area contributed by atoms with Gasteiger partial charge in [-0.1, -0.05) is 0 Å². The van der Waals surface area contributed by atoms with Crippen LogP contribution in [0.2, 0.25) is 0 Å². The van der Waals surface area contributed by atoms with Crippen molar-refractivity contribution in [3.8, 4) is 0 Å². The van der Waals surface area contributed by atoms with Crippen LogP contribution in [0.4, 0.5) is 0 Å². The van der Waals surface area contributed by atoms with E-state index in [0.717, 1.165) is 13.1 Å². The van der Waals surface area contributed by atoms with Crippen LogP contribution in [0.25, 0.3) is 0 Å². The maximum Gasteiger partial charge on any atom is 0.228 e. The van der Waals surface area contributed by atoms with Crippen molar-refractivity contribution >= 4 is 5.91 Å². The fraction of sp³-hybridized carbons (Fsp3) is 0.909. The SMILES string of the molecule is CCO[C@H]1CN(C(=O)C2CNC2)C[C@H]1OC. The Hall–Kier alpha value is -0.650. The molecule has 5 heteroatoms. The smallest absolute Gasteiger partial charge is 0.228 e. The molecule has 0 bridgehead atoms. The quantitative estimate of drug-likeness (QED) is 0.702. The van der Waals surface area contributed by atoms with Gasteiger partial charge in [0.1, 0.15) is 12.2 Å². The first kappa shape index (κ1) is 11.8. The number of carbonyl (C=O) groups is 1. The molecule has 0 saturated carbocycles. The predicted molar refractivity (Wildman–Crippen MR) is 59.2 cm³/mol. The molecule has 0 aromatic rings. The highest BCUT2D eigenvalue weighted by Gasteiger charge is 2.39. The highest BCUT2D eigenvalue weighted by atomic mass is 16.5. The van der Waals surface area contributed by atoms with E-state index >= 15 is 0 Å². The summed E-state index contributed by atoms with van der Waals surface area (Å²) in [7, 11) is 1.68. The summed E-state index contributed by atoms with van der Waals surface area (Å²) in [6, 6.07) is 0. The second kappa shape index (κ2) is 5.12. The van der Waals surface area contributed by atoms with Crippen LogP contribution in [0, 0.1) is 5.92 Å². The lowest BCUT2D eigenvalue weighted by molar-refractivity contribution is -0.136. The van der Waals surface area contributed by atoms with Gasteiger partial charge in [0.2, 0.25) is 5.91 Å². The lowest BCUT2D eigenvalue weighted by atomic mass is 10.0. The zero-order valence-corrected chi connectivity index (χ0v) is 9.94. The number of carbonyl (C=O) groups excluding carboxylic acids is 1. The Balaban J connectivity index is 1.90. The summed E-state index contributed by atoms with van der Waals surface area (Å²) in [5, 5.41) is 3.12. The second-order valence-corrected chi connectivity index (χ2v) is 4.37. The average Bonchev–Trinajstić information content (AvgIpc) is 2.59. The molecule has 2 atom stereocenters. The van der Waals surface area contributed by atoms with Crippen LogP contribution in [0.1, 0.15) is 6.92 Å². The van der Waals surface area contributed by atoms with Gasteiger partial charge in [-0.3, -0.25) is 4.79 Å². The van der Waals surface area contributed by atoms with Crippen molar-refractivity contribution in [1.82, 2.24) is 10.2 Å². The Kier molecular flexibility index (Phi) is 3.78. The molecular weight excluding hydrogens is 208 g/mol. The van der Waals surface area contributed by atoms with Crippen molar-refractivity contribution in [3.63, 3.8) is 0 Å². The summed E-state index contributed by atoms with van der Waals surface area (Å²) in [5.41, 5.74) is 0. The first-order chi connectivity index (χ1) is 7.76. The van der Waals surface area contributed by atoms with Gasteiger partial charge in [0.15, 0.2) is 0 Å². The number of rotatable bonds is 4. The van der Waals surface area contributed by atoms with E-state index in [0.29, 0.717) is 19.7 Å². The molecule has 92 valence electrons. The van der Waals surface area contributed by atoms with Gasteiger partial charge in [-0.15, -0.1) is 0 Å². The molecule has 0 aliphatic carbocycles. The van der Waals surface area contributed by atoms with Crippen LogP contribution in [0.5, 0.6) is 0 Å². The van der Waals surface area contributed by atoms with E-state index in [4.69, 9.17) is 9.47 Å². The monoisotopic (exact) mass is 228 g/mol. The summed E-state index contributed by atoms with van der Waals surface area (Å²) in [5.74, 6) is 0.404. The minimum atomic E-state index is 0.0249. The number of ether oxygens (including phenoxy) is 2. The summed E-state index contributed by atoms with van der Waals surface area (Å²) in [4.78, 5) is 13.9. The van der Waals surface area contributed by atoms with Crippen LogP contribution in [-0.4, -0.2) is 62.9 Å². The molecule has 0 aromatic heterocycles. The Morgan fingerprint density at radius 1 is 1.38 bits per heavy atom. The van der Waals surface area contributed by atoms with Crippen molar-refractivity contribution in [3.05, 3.63) is 0 Å². The molecule has 16 heavy (non-hydrogen) atoms. The van der Waals surface area contributed by atoms with E-state index < -0.39 is 0 Å². The molecule has 0 unspecified atom stereocenters. The Morgan fingerprint density at radius 2 is 2.06 bits per heavy atom. The van der Waals surface area contributed by atoms with Crippen LogP contribution in [-0.2, 0) is 14.3 Å². The van der Waals surface area contributed by atoms with E-state index in [1.54, 1.807) is 7.11 Å². The average molecular weight is 228 g/mol. The van der Waals surface area contributed by atoms with E-state index in [1.807, 2.05) is 11.8 Å². The number of amides is 1. The lowest BCUT2D eigenvalue weighted by Crippen LogP contribution is -2.51. The predicted octanol–water partition coefficient (Wildman–Crippen LogP) is -0.532. The summed E-state index contributed by atoms with van der Waals surface area (Å²) >= 11 is 0. The Morgan fingerprint density at radius 3 is 2.56 bits per heavy atom. The molecule has 2 aliphatic heterocycles. The molecular formula is C11H20N2O3. The zero-order chi connectivity index (χ0) is 11.5. The minimum Gasteiger partial charge on any atom is -0.377 e. The van der Waals surface area contributed by atoms with Gasteiger partial charge in [-0.2, -0.15) is 0 Å². The maximum atomic E-state index is 12.0. The minimum absolute atomic E-state index is 0.0249. The first-order valence-electron chi connectivity index (χ1n) is 5.90. The second-order valence-electron chi connectivity index (χ2n) is 4.37. The molecule has 1 amide bonds. The van der Waals surface area contributed by atoms with Gasteiger partial charge in [0, 0.05) is 39.9 Å². The largest absolute Gasteiger partial charge is 0.377 e. The standard InChI is InChI=1S/C11H20N2O3/c1-3-16-10-7-13(6-9(10)15-2)11(14)8-4-12-5-8/h8-10,12H,3-7H2,1-2H3/t9-,10+/m1/s1. The number of likely N-dealkylation sites (tertiary alicyclic amines) is 1.